The molecule has 4 rings (SSSR count). The first-order valence-electron chi connectivity index (χ1n) is 11.4. The molecule has 3 aromatic carbocycles. The summed E-state index contributed by atoms with van der Waals surface area (Å²) >= 11 is 1.59. The number of thiazole rings is 1. The van der Waals surface area contributed by atoms with E-state index in [0.29, 0.717) is 23.9 Å². The third kappa shape index (κ3) is 6.11. The van der Waals surface area contributed by atoms with Crippen molar-refractivity contribution < 1.29 is 28.9 Å². The van der Waals surface area contributed by atoms with Crippen LogP contribution in [-0.2, 0) is 17.9 Å². The van der Waals surface area contributed by atoms with Crippen LogP contribution >= 0.6 is 11.3 Å². The first kappa shape index (κ1) is 25.0. The van der Waals surface area contributed by atoms with Crippen LogP contribution in [0, 0.1) is 0 Å². The minimum atomic E-state index is -1.10. The second kappa shape index (κ2) is 11.5. The maximum Gasteiger partial charge on any atom is 0.416 e. The lowest BCUT2D eigenvalue weighted by Gasteiger charge is -2.27. The highest BCUT2D eigenvalue weighted by atomic mass is 32.1. The highest BCUT2D eigenvalue weighted by Gasteiger charge is 2.30. The number of benzene rings is 3. The number of hydrogen-bond donors (Lipinski definition) is 1. The molecule has 0 aliphatic carbocycles. The fourth-order valence-corrected chi connectivity index (χ4v) is 4.53. The first-order valence-corrected chi connectivity index (χ1v) is 12.2. The molecule has 186 valence electrons. The van der Waals surface area contributed by atoms with E-state index in [1.54, 1.807) is 73.9 Å². The van der Waals surface area contributed by atoms with E-state index in [0.717, 1.165) is 20.8 Å². The van der Waals surface area contributed by atoms with Crippen LogP contribution in [0.5, 0.6) is 17.2 Å². The van der Waals surface area contributed by atoms with Crippen molar-refractivity contribution in [3.05, 3.63) is 83.4 Å². The summed E-state index contributed by atoms with van der Waals surface area (Å²) in [7, 11) is 1.54. The Balaban J connectivity index is 1.43. The van der Waals surface area contributed by atoms with E-state index < -0.39 is 18.1 Å². The maximum absolute atomic E-state index is 13.0. The Morgan fingerprint density at radius 1 is 0.972 bits per heavy atom. The van der Waals surface area contributed by atoms with Crippen LogP contribution in [0.15, 0.2) is 72.8 Å². The molecule has 0 fully saturated rings. The molecule has 9 heteroatoms. The van der Waals surface area contributed by atoms with Crippen molar-refractivity contribution >= 4 is 33.6 Å². The number of fused-ring (bicyclic) bond motifs is 1. The Kier molecular flexibility index (Phi) is 8.02. The number of para-hydroxylation sites is 1. The zero-order valence-corrected chi connectivity index (χ0v) is 20.7. The van der Waals surface area contributed by atoms with Gasteiger partial charge in [0, 0.05) is 6.54 Å². The number of aliphatic carboxylic acids is 1. The standard InChI is InChI=1S/C27H26N2O6S/c1-3-23(26(30)31)29(27(32)35-21-14-12-19(33-2)13-15-21)16-18-8-10-20(11-9-18)34-17-25-28-22-6-4-5-7-24(22)36-25/h4-15,23H,3,16-17H2,1-2H3,(H,30,31). The Hall–Kier alpha value is -4.11. The van der Waals surface area contributed by atoms with Crippen LogP contribution in [0.4, 0.5) is 4.79 Å². The van der Waals surface area contributed by atoms with Gasteiger partial charge in [-0.2, -0.15) is 0 Å². The molecular weight excluding hydrogens is 480 g/mol. The molecule has 0 aliphatic rings. The summed E-state index contributed by atoms with van der Waals surface area (Å²) in [5.41, 5.74) is 1.69. The van der Waals surface area contributed by atoms with E-state index in [-0.39, 0.29) is 13.0 Å². The molecule has 0 radical (unpaired) electrons. The van der Waals surface area contributed by atoms with Gasteiger partial charge in [0.2, 0.25) is 0 Å². The number of aromatic nitrogens is 1. The van der Waals surface area contributed by atoms with Gasteiger partial charge in [-0.15, -0.1) is 11.3 Å². The summed E-state index contributed by atoms with van der Waals surface area (Å²) in [6.07, 6.45) is -0.512. The van der Waals surface area contributed by atoms with Crippen molar-refractivity contribution in [2.75, 3.05) is 7.11 Å². The maximum atomic E-state index is 13.0. The molecule has 1 amide bonds. The van der Waals surface area contributed by atoms with Gasteiger partial charge in [-0.05, 0) is 60.5 Å². The lowest BCUT2D eigenvalue weighted by Crippen LogP contribution is -2.45. The topological polar surface area (TPSA) is 98.2 Å². The number of carboxylic acids is 1. The third-order valence-corrected chi connectivity index (χ3v) is 6.53. The average Bonchev–Trinajstić information content (AvgIpc) is 3.31. The number of carbonyl (C=O) groups excluding carboxylic acids is 1. The average molecular weight is 507 g/mol. The normalized spacial score (nSPS) is 11.6. The molecule has 1 heterocycles. The number of nitrogens with zero attached hydrogens (tertiary/aromatic N) is 2. The molecule has 1 N–H and O–H groups in total. The zero-order chi connectivity index (χ0) is 25.5. The lowest BCUT2D eigenvalue weighted by molar-refractivity contribution is -0.142. The minimum absolute atomic E-state index is 0.0674. The molecule has 36 heavy (non-hydrogen) atoms. The van der Waals surface area contributed by atoms with Crippen molar-refractivity contribution in [1.82, 2.24) is 9.88 Å². The zero-order valence-electron chi connectivity index (χ0n) is 19.9. The van der Waals surface area contributed by atoms with Crippen LogP contribution in [0.25, 0.3) is 10.2 Å². The van der Waals surface area contributed by atoms with E-state index in [4.69, 9.17) is 14.2 Å². The molecule has 0 aliphatic heterocycles. The quantitative estimate of drug-likeness (QED) is 0.292. The van der Waals surface area contributed by atoms with Crippen molar-refractivity contribution in [2.24, 2.45) is 0 Å². The first-order chi connectivity index (χ1) is 17.5. The van der Waals surface area contributed by atoms with Crippen molar-refractivity contribution in [3.63, 3.8) is 0 Å². The van der Waals surface area contributed by atoms with Crippen LogP contribution < -0.4 is 14.2 Å². The van der Waals surface area contributed by atoms with E-state index in [2.05, 4.69) is 4.98 Å². The molecule has 0 saturated heterocycles. The van der Waals surface area contributed by atoms with Gasteiger partial charge in [0.05, 0.1) is 17.3 Å². The van der Waals surface area contributed by atoms with Gasteiger partial charge < -0.3 is 19.3 Å². The Bertz CT molecular complexity index is 1290. The van der Waals surface area contributed by atoms with E-state index in [1.165, 1.54) is 4.90 Å². The predicted molar refractivity (Wildman–Crippen MR) is 137 cm³/mol. The largest absolute Gasteiger partial charge is 0.497 e. The van der Waals surface area contributed by atoms with Crippen LogP contribution in [0.3, 0.4) is 0 Å². The molecule has 4 aromatic rings. The summed E-state index contributed by atoms with van der Waals surface area (Å²) in [5.74, 6) is 0.467. The number of methoxy groups -OCH3 is 1. The van der Waals surface area contributed by atoms with E-state index >= 15 is 0 Å². The van der Waals surface area contributed by atoms with Crippen molar-refractivity contribution in [1.29, 1.82) is 0 Å². The van der Waals surface area contributed by atoms with Gasteiger partial charge in [-0.25, -0.2) is 14.6 Å². The Morgan fingerprint density at radius 3 is 2.28 bits per heavy atom. The van der Waals surface area contributed by atoms with Gasteiger partial charge in [-0.3, -0.25) is 4.90 Å². The second-order valence-corrected chi connectivity index (χ2v) is 9.06. The minimum Gasteiger partial charge on any atom is -0.497 e. The summed E-state index contributed by atoms with van der Waals surface area (Å²) < 4.78 is 17.5. The number of carbonyl (C=O) groups is 2. The number of ether oxygens (including phenoxy) is 3. The van der Waals surface area contributed by atoms with E-state index in [1.807, 2.05) is 24.3 Å². The third-order valence-electron chi connectivity index (χ3n) is 5.52. The summed E-state index contributed by atoms with van der Waals surface area (Å²) in [4.78, 5) is 30.6. The van der Waals surface area contributed by atoms with Crippen LogP contribution in [0.1, 0.15) is 23.9 Å². The summed E-state index contributed by atoms with van der Waals surface area (Å²) in [6, 6.07) is 20.6. The van der Waals surface area contributed by atoms with Crippen molar-refractivity contribution in [3.8, 4) is 17.2 Å². The number of hydrogen-bond acceptors (Lipinski definition) is 7. The fraction of sp³-hybridized carbons (Fsp3) is 0.222. The number of carboxylic acid groups (broad SMARTS) is 1. The molecule has 1 aromatic heterocycles. The molecule has 1 unspecified atom stereocenters. The molecule has 8 nitrogen and oxygen atoms in total. The summed E-state index contributed by atoms with van der Waals surface area (Å²) in [6.45, 7) is 2.12. The monoisotopic (exact) mass is 506 g/mol. The number of amides is 1. The molecule has 0 bridgehead atoms. The smallest absolute Gasteiger partial charge is 0.416 e. The number of rotatable bonds is 10. The molecule has 0 spiro atoms. The van der Waals surface area contributed by atoms with E-state index in [9.17, 15) is 14.7 Å². The van der Waals surface area contributed by atoms with Gasteiger partial charge in [0.25, 0.3) is 0 Å². The van der Waals surface area contributed by atoms with Gasteiger partial charge in [0.15, 0.2) is 0 Å². The molecule has 1 atom stereocenters. The van der Waals surface area contributed by atoms with Gasteiger partial charge in [-0.1, -0.05) is 31.2 Å². The SMILES string of the molecule is CCC(C(=O)O)N(Cc1ccc(OCc2nc3ccccc3s2)cc1)C(=O)Oc1ccc(OC)cc1. The Morgan fingerprint density at radius 2 is 1.64 bits per heavy atom. The summed E-state index contributed by atoms with van der Waals surface area (Å²) in [5, 5.41) is 10.6. The molecule has 0 saturated carbocycles. The van der Waals surface area contributed by atoms with Crippen LogP contribution in [0.2, 0.25) is 0 Å². The van der Waals surface area contributed by atoms with Crippen LogP contribution in [-0.4, -0.2) is 40.2 Å². The second-order valence-electron chi connectivity index (χ2n) is 7.94. The molecular formula is C27H26N2O6S. The highest BCUT2D eigenvalue weighted by Crippen LogP contribution is 2.24. The lowest BCUT2D eigenvalue weighted by atomic mass is 10.1. The van der Waals surface area contributed by atoms with Crippen molar-refractivity contribution in [2.45, 2.75) is 32.5 Å². The van der Waals surface area contributed by atoms with Gasteiger partial charge in [0.1, 0.15) is 34.9 Å². The predicted octanol–water partition coefficient (Wildman–Crippen LogP) is 5.75. The fourth-order valence-electron chi connectivity index (χ4n) is 3.65. The van der Waals surface area contributed by atoms with Gasteiger partial charge >= 0.3 is 12.1 Å². The Labute approximate surface area is 212 Å². The highest BCUT2D eigenvalue weighted by molar-refractivity contribution is 7.18.